The first kappa shape index (κ1) is 12.1. The summed E-state index contributed by atoms with van der Waals surface area (Å²) in [7, 11) is 1.72. The molecule has 0 aromatic heterocycles. The Hall–Kier alpha value is -1.95. The summed E-state index contributed by atoms with van der Waals surface area (Å²) >= 11 is 0. The quantitative estimate of drug-likeness (QED) is 0.605. The van der Waals surface area contributed by atoms with E-state index < -0.39 is 22.2 Å². The van der Waals surface area contributed by atoms with Crippen LogP contribution in [0.5, 0.6) is 5.75 Å². The molecule has 6 heteroatoms. The lowest BCUT2D eigenvalue weighted by Gasteiger charge is -2.01. The number of rotatable bonds is 4. The van der Waals surface area contributed by atoms with Gasteiger partial charge in [0.15, 0.2) is 0 Å². The Kier molecular flexibility index (Phi) is 3.96. The lowest BCUT2D eigenvalue weighted by molar-refractivity contribution is -0.386. The minimum atomic E-state index is -0.826. The number of phenolic OH excluding ortho intramolecular Hbond substituents is 1. The molecule has 86 valence electrons. The van der Waals surface area contributed by atoms with Crippen LogP contribution in [0.2, 0.25) is 0 Å². The van der Waals surface area contributed by atoms with Crippen LogP contribution in [0.15, 0.2) is 18.2 Å². The highest BCUT2D eigenvalue weighted by Crippen LogP contribution is 2.31. The van der Waals surface area contributed by atoms with Gasteiger partial charge in [-0.25, -0.2) is 4.39 Å². The van der Waals surface area contributed by atoms with Crippen molar-refractivity contribution in [2.75, 3.05) is 13.6 Å². The minimum absolute atomic E-state index is 0.0851. The van der Waals surface area contributed by atoms with Gasteiger partial charge in [0, 0.05) is 12.1 Å². The van der Waals surface area contributed by atoms with Gasteiger partial charge in [-0.3, -0.25) is 10.1 Å². The second-order valence-electron chi connectivity index (χ2n) is 3.08. The third kappa shape index (κ3) is 2.77. The van der Waals surface area contributed by atoms with Gasteiger partial charge in [0.2, 0.25) is 5.75 Å². The van der Waals surface area contributed by atoms with Gasteiger partial charge < -0.3 is 10.4 Å². The molecule has 1 rings (SSSR count). The van der Waals surface area contributed by atoms with Crippen molar-refractivity contribution in [1.82, 2.24) is 5.32 Å². The summed E-state index contributed by atoms with van der Waals surface area (Å²) in [6.45, 7) is 0.518. The molecule has 0 saturated carbocycles. The Balaban J connectivity index is 3.14. The number of nitrogens with one attached hydrogen (secondary N) is 1. The normalized spacial score (nSPS) is 10.9. The third-order valence-electron chi connectivity index (χ3n) is 1.90. The molecule has 0 bridgehead atoms. The average Bonchev–Trinajstić information content (AvgIpc) is 2.22. The van der Waals surface area contributed by atoms with Crippen molar-refractivity contribution in [1.29, 1.82) is 0 Å². The van der Waals surface area contributed by atoms with Crippen LogP contribution >= 0.6 is 0 Å². The number of likely N-dealkylation sites (N-methyl/N-ethyl adjacent to an activating group) is 1. The van der Waals surface area contributed by atoms with E-state index in [1.807, 2.05) is 0 Å². The van der Waals surface area contributed by atoms with Crippen molar-refractivity contribution >= 4 is 11.8 Å². The van der Waals surface area contributed by atoms with Gasteiger partial charge in [-0.1, -0.05) is 12.2 Å². The van der Waals surface area contributed by atoms with Crippen LogP contribution in [-0.4, -0.2) is 23.6 Å². The maximum absolute atomic E-state index is 13.0. The molecule has 0 atom stereocenters. The Morgan fingerprint density at radius 2 is 2.31 bits per heavy atom. The molecule has 1 aromatic rings. The third-order valence-corrected chi connectivity index (χ3v) is 1.90. The summed E-state index contributed by atoms with van der Waals surface area (Å²) in [5.41, 5.74) is -0.550. The molecular weight excluding hydrogens is 215 g/mol. The molecule has 0 heterocycles. The summed E-state index contributed by atoms with van der Waals surface area (Å²) in [5, 5.41) is 22.8. The van der Waals surface area contributed by atoms with E-state index in [9.17, 15) is 19.6 Å². The Morgan fingerprint density at radius 3 is 2.88 bits per heavy atom. The summed E-state index contributed by atoms with van der Waals surface area (Å²) < 4.78 is 13.0. The van der Waals surface area contributed by atoms with Crippen LogP contribution in [0.25, 0.3) is 6.08 Å². The van der Waals surface area contributed by atoms with Crippen molar-refractivity contribution in [3.8, 4) is 5.75 Å². The van der Waals surface area contributed by atoms with E-state index >= 15 is 0 Å². The van der Waals surface area contributed by atoms with E-state index in [1.54, 1.807) is 13.1 Å². The van der Waals surface area contributed by atoms with Gasteiger partial charge in [-0.15, -0.1) is 0 Å². The van der Waals surface area contributed by atoms with E-state index in [0.717, 1.165) is 6.07 Å². The Labute approximate surface area is 91.4 Å². The number of benzene rings is 1. The first-order valence-electron chi connectivity index (χ1n) is 4.54. The lowest BCUT2D eigenvalue weighted by Crippen LogP contribution is -2.03. The molecule has 0 spiro atoms. The van der Waals surface area contributed by atoms with Crippen LogP contribution < -0.4 is 5.32 Å². The highest BCUT2D eigenvalue weighted by Gasteiger charge is 2.17. The molecule has 0 fully saturated rings. The topological polar surface area (TPSA) is 75.4 Å². The Bertz CT molecular complexity index is 432. The number of nitro groups is 1. The minimum Gasteiger partial charge on any atom is -0.502 e. The second kappa shape index (κ2) is 5.22. The van der Waals surface area contributed by atoms with Crippen LogP contribution in [0, 0.1) is 15.9 Å². The van der Waals surface area contributed by atoms with Gasteiger partial charge in [-0.2, -0.15) is 0 Å². The molecular formula is C10H11FN2O3. The van der Waals surface area contributed by atoms with Gasteiger partial charge in [0.05, 0.1) is 11.0 Å². The fourth-order valence-electron chi connectivity index (χ4n) is 1.18. The average molecular weight is 226 g/mol. The van der Waals surface area contributed by atoms with Gasteiger partial charge in [0.1, 0.15) is 5.82 Å². The summed E-state index contributed by atoms with van der Waals surface area (Å²) in [6.07, 6.45) is 3.04. The second-order valence-corrected chi connectivity index (χ2v) is 3.08. The zero-order chi connectivity index (χ0) is 12.1. The predicted molar refractivity (Wildman–Crippen MR) is 57.7 cm³/mol. The van der Waals surface area contributed by atoms with Crippen molar-refractivity contribution in [3.63, 3.8) is 0 Å². The molecule has 5 nitrogen and oxygen atoms in total. The van der Waals surface area contributed by atoms with Crippen LogP contribution in [0.1, 0.15) is 5.56 Å². The number of halogens is 1. The van der Waals surface area contributed by atoms with Crippen molar-refractivity contribution in [2.24, 2.45) is 0 Å². The highest BCUT2D eigenvalue weighted by molar-refractivity contribution is 5.64. The van der Waals surface area contributed by atoms with Crippen molar-refractivity contribution < 1.29 is 14.4 Å². The molecule has 0 unspecified atom stereocenters. The highest BCUT2D eigenvalue weighted by atomic mass is 19.1. The van der Waals surface area contributed by atoms with E-state index in [-0.39, 0.29) is 5.56 Å². The molecule has 0 saturated heterocycles. The summed E-state index contributed by atoms with van der Waals surface area (Å²) in [6, 6.07) is 1.72. The summed E-state index contributed by atoms with van der Waals surface area (Å²) in [4.78, 5) is 9.67. The molecule has 2 N–H and O–H groups in total. The number of nitro benzene ring substituents is 1. The number of aromatic hydroxyl groups is 1. The number of nitrogens with zero attached hydrogens (tertiary/aromatic N) is 1. The first-order chi connectivity index (χ1) is 7.56. The van der Waals surface area contributed by atoms with Gasteiger partial charge >= 0.3 is 5.69 Å². The van der Waals surface area contributed by atoms with E-state index in [0.29, 0.717) is 12.6 Å². The predicted octanol–water partition coefficient (Wildman–Crippen LogP) is 1.67. The zero-order valence-corrected chi connectivity index (χ0v) is 8.61. The maximum Gasteiger partial charge on any atom is 0.314 e. The first-order valence-corrected chi connectivity index (χ1v) is 4.54. The van der Waals surface area contributed by atoms with E-state index in [2.05, 4.69) is 5.32 Å². The summed E-state index contributed by atoms with van der Waals surface area (Å²) in [5.74, 6) is -1.28. The monoisotopic (exact) mass is 226 g/mol. The molecule has 0 amide bonds. The van der Waals surface area contributed by atoms with Gasteiger partial charge in [0.25, 0.3) is 0 Å². The number of hydrogen-bond acceptors (Lipinski definition) is 4. The molecule has 16 heavy (non-hydrogen) atoms. The maximum atomic E-state index is 13.0. The fraction of sp³-hybridized carbons (Fsp3) is 0.200. The zero-order valence-electron chi connectivity index (χ0n) is 8.61. The van der Waals surface area contributed by atoms with Crippen LogP contribution in [0.3, 0.4) is 0 Å². The lowest BCUT2D eigenvalue weighted by atomic mass is 10.1. The molecule has 0 radical (unpaired) electrons. The molecule has 0 aliphatic carbocycles. The van der Waals surface area contributed by atoms with Gasteiger partial charge in [-0.05, 0) is 13.1 Å². The van der Waals surface area contributed by atoms with Crippen molar-refractivity contribution in [2.45, 2.75) is 0 Å². The molecule has 0 aliphatic rings. The van der Waals surface area contributed by atoms with Crippen molar-refractivity contribution in [3.05, 3.63) is 39.7 Å². The molecule has 0 aliphatic heterocycles. The van der Waals surface area contributed by atoms with Crippen LogP contribution in [0.4, 0.5) is 10.1 Å². The number of phenols is 1. The van der Waals surface area contributed by atoms with E-state index in [4.69, 9.17) is 0 Å². The SMILES string of the molecule is CNCC=Cc1cc(F)cc([N+](=O)[O-])c1O. The van der Waals surface area contributed by atoms with E-state index in [1.165, 1.54) is 6.08 Å². The number of hydrogen-bond donors (Lipinski definition) is 2. The standard InChI is InChI=1S/C10H11FN2O3/c1-12-4-2-3-7-5-8(11)6-9(10(7)14)13(15)16/h2-3,5-6,12,14H,4H2,1H3. The molecule has 1 aromatic carbocycles. The smallest absolute Gasteiger partial charge is 0.314 e. The largest absolute Gasteiger partial charge is 0.502 e. The van der Waals surface area contributed by atoms with Crippen LogP contribution in [-0.2, 0) is 0 Å². The Morgan fingerprint density at radius 1 is 1.62 bits per heavy atom. The fourth-order valence-corrected chi connectivity index (χ4v) is 1.18.